The van der Waals surface area contributed by atoms with Gasteiger partial charge in [-0.2, -0.15) is 4.31 Å². The van der Waals surface area contributed by atoms with Gasteiger partial charge in [0.1, 0.15) is 5.82 Å². The second-order valence-corrected chi connectivity index (χ2v) is 8.60. The first kappa shape index (κ1) is 20.1. The fraction of sp³-hybridized carbons (Fsp3) is 0.588. The summed E-state index contributed by atoms with van der Waals surface area (Å²) >= 11 is 5.68. The molecule has 1 aliphatic rings. The Bertz CT molecular complexity index is 704. The zero-order chi connectivity index (χ0) is 18.4. The summed E-state index contributed by atoms with van der Waals surface area (Å²) in [5, 5.41) is 2.70. The second kappa shape index (κ2) is 8.96. The Morgan fingerprint density at radius 1 is 1.32 bits per heavy atom. The van der Waals surface area contributed by atoms with Crippen LogP contribution < -0.4 is 5.32 Å². The third-order valence-corrected chi connectivity index (χ3v) is 6.62. The van der Waals surface area contributed by atoms with Gasteiger partial charge in [-0.05, 0) is 37.5 Å². The van der Waals surface area contributed by atoms with Crippen molar-refractivity contribution in [3.8, 4) is 0 Å². The lowest BCUT2D eigenvalue weighted by molar-refractivity contribution is -0.126. The lowest BCUT2D eigenvalue weighted by Crippen LogP contribution is -2.43. The molecule has 0 aliphatic carbocycles. The first-order valence-electron chi connectivity index (χ1n) is 8.59. The highest BCUT2D eigenvalue weighted by Gasteiger charge is 2.32. The number of nitrogens with one attached hydrogen (secondary N) is 1. The quantitative estimate of drug-likeness (QED) is 0.727. The van der Waals surface area contributed by atoms with Crippen LogP contribution in [0.25, 0.3) is 0 Å². The average molecular weight is 391 g/mol. The summed E-state index contributed by atoms with van der Waals surface area (Å²) in [6.07, 6.45) is 4.10. The number of carbonyl (C=O) groups is 1. The van der Waals surface area contributed by atoms with Crippen molar-refractivity contribution in [1.82, 2.24) is 9.62 Å². The zero-order valence-electron chi connectivity index (χ0n) is 14.3. The molecule has 1 aromatic carbocycles. The van der Waals surface area contributed by atoms with E-state index >= 15 is 0 Å². The maximum atomic E-state index is 13.2. The molecular weight excluding hydrogens is 367 g/mol. The zero-order valence-corrected chi connectivity index (χ0v) is 15.9. The van der Waals surface area contributed by atoms with Crippen LogP contribution >= 0.6 is 11.6 Å². The molecule has 0 bridgehead atoms. The standard InChI is InChI=1S/C17H24ClFN2O3S/c1-2-3-4-9-20-17(22)13-7-10-21(11-8-13)25(23,24)14-5-6-16(19)15(18)12-14/h5-6,12-13H,2-4,7-11H2,1H3,(H,20,22). The van der Waals surface area contributed by atoms with E-state index in [2.05, 4.69) is 12.2 Å². The van der Waals surface area contributed by atoms with E-state index in [9.17, 15) is 17.6 Å². The molecule has 1 N–H and O–H groups in total. The normalized spacial score (nSPS) is 16.8. The largest absolute Gasteiger partial charge is 0.356 e. The number of amides is 1. The molecule has 1 aliphatic heterocycles. The molecule has 25 heavy (non-hydrogen) atoms. The van der Waals surface area contributed by atoms with E-state index in [1.807, 2.05) is 0 Å². The number of carbonyl (C=O) groups excluding carboxylic acids is 1. The third kappa shape index (κ3) is 5.15. The van der Waals surface area contributed by atoms with E-state index in [4.69, 9.17) is 11.6 Å². The Morgan fingerprint density at radius 3 is 2.60 bits per heavy atom. The van der Waals surface area contributed by atoms with Gasteiger partial charge in [0.25, 0.3) is 0 Å². The Kier molecular flexibility index (Phi) is 7.22. The van der Waals surface area contributed by atoms with E-state index in [1.54, 1.807) is 0 Å². The summed E-state index contributed by atoms with van der Waals surface area (Å²) < 4.78 is 39.8. The molecule has 0 spiro atoms. The summed E-state index contributed by atoms with van der Waals surface area (Å²) in [5.41, 5.74) is 0. The van der Waals surface area contributed by atoms with E-state index in [1.165, 1.54) is 10.4 Å². The van der Waals surface area contributed by atoms with Crippen LogP contribution in [0.3, 0.4) is 0 Å². The van der Waals surface area contributed by atoms with E-state index < -0.39 is 15.8 Å². The molecule has 0 radical (unpaired) electrons. The van der Waals surface area contributed by atoms with Crippen molar-refractivity contribution in [2.45, 2.75) is 43.9 Å². The fourth-order valence-electron chi connectivity index (χ4n) is 2.88. The summed E-state index contributed by atoms with van der Waals surface area (Å²) in [7, 11) is -3.72. The summed E-state index contributed by atoms with van der Waals surface area (Å²) in [4.78, 5) is 12.1. The molecule has 1 aromatic rings. The van der Waals surface area contributed by atoms with Gasteiger partial charge in [0, 0.05) is 25.6 Å². The minimum atomic E-state index is -3.72. The lowest BCUT2D eigenvalue weighted by atomic mass is 9.97. The van der Waals surface area contributed by atoms with Gasteiger partial charge in [-0.1, -0.05) is 31.4 Å². The average Bonchev–Trinajstić information content (AvgIpc) is 2.61. The molecule has 1 saturated heterocycles. The van der Waals surface area contributed by atoms with Crippen LogP contribution in [0.4, 0.5) is 4.39 Å². The van der Waals surface area contributed by atoms with Crippen LogP contribution in [0.2, 0.25) is 5.02 Å². The predicted molar refractivity (Wildman–Crippen MR) is 95.4 cm³/mol. The minimum absolute atomic E-state index is 0.00187. The summed E-state index contributed by atoms with van der Waals surface area (Å²) in [6.45, 7) is 3.31. The molecule has 140 valence electrons. The second-order valence-electron chi connectivity index (χ2n) is 6.25. The monoisotopic (exact) mass is 390 g/mol. The number of piperidine rings is 1. The van der Waals surface area contributed by atoms with Crippen LogP contribution in [0.5, 0.6) is 0 Å². The minimum Gasteiger partial charge on any atom is -0.356 e. The Labute approximate surface area is 153 Å². The third-order valence-electron chi connectivity index (χ3n) is 4.43. The highest BCUT2D eigenvalue weighted by atomic mass is 35.5. The number of rotatable bonds is 7. The maximum Gasteiger partial charge on any atom is 0.243 e. The van der Waals surface area contributed by atoms with Crippen molar-refractivity contribution in [2.24, 2.45) is 5.92 Å². The molecule has 1 fully saturated rings. The topological polar surface area (TPSA) is 66.5 Å². The molecular formula is C17H24ClFN2O3S. The summed E-state index contributed by atoms with van der Waals surface area (Å²) in [6, 6.07) is 3.38. The first-order valence-corrected chi connectivity index (χ1v) is 10.4. The van der Waals surface area contributed by atoms with Crippen molar-refractivity contribution < 1.29 is 17.6 Å². The lowest BCUT2D eigenvalue weighted by Gasteiger charge is -2.30. The van der Waals surface area contributed by atoms with Crippen LogP contribution in [-0.4, -0.2) is 38.3 Å². The van der Waals surface area contributed by atoms with Gasteiger partial charge in [0.15, 0.2) is 0 Å². The van der Waals surface area contributed by atoms with Crippen LogP contribution in [0.15, 0.2) is 23.1 Å². The van der Waals surface area contributed by atoms with E-state index in [-0.39, 0.29) is 34.8 Å². The predicted octanol–water partition coefficient (Wildman–Crippen LogP) is 3.19. The number of benzene rings is 1. The number of hydrogen-bond acceptors (Lipinski definition) is 3. The molecule has 1 heterocycles. The summed E-state index contributed by atoms with van der Waals surface area (Å²) in [5.74, 6) is -0.818. The number of sulfonamides is 1. The van der Waals surface area contributed by atoms with Gasteiger partial charge < -0.3 is 5.32 Å². The van der Waals surface area contributed by atoms with E-state index in [0.29, 0.717) is 19.4 Å². The molecule has 5 nitrogen and oxygen atoms in total. The van der Waals surface area contributed by atoms with Crippen molar-refractivity contribution in [2.75, 3.05) is 19.6 Å². The molecule has 0 aromatic heterocycles. The van der Waals surface area contributed by atoms with Gasteiger partial charge in [-0.3, -0.25) is 4.79 Å². The molecule has 0 saturated carbocycles. The Hall–Kier alpha value is -1.18. The number of halogens is 2. The smallest absolute Gasteiger partial charge is 0.243 e. The van der Waals surface area contributed by atoms with Gasteiger partial charge in [0.2, 0.25) is 15.9 Å². The van der Waals surface area contributed by atoms with Crippen LogP contribution in [0.1, 0.15) is 39.0 Å². The molecule has 8 heteroatoms. The van der Waals surface area contributed by atoms with Crippen molar-refractivity contribution in [3.05, 3.63) is 29.0 Å². The molecule has 0 unspecified atom stereocenters. The number of nitrogens with zero attached hydrogens (tertiary/aromatic N) is 1. The van der Waals surface area contributed by atoms with Crippen LogP contribution in [0, 0.1) is 11.7 Å². The van der Waals surface area contributed by atoms with Crippen LogP contribution in [-0.2, 0) is 14.8 Å². The van der Waals surface area contributed by atoms with Crippen molar-refractivity contribution in [3.63, 3.8) is 0 Å². The first-order chi connectivity index (χ1) is 11.9. The van der Waals surface area contributed by atoms with Gasteiger partial charge >= 0.3 is 0 Å². The Balaban J connectivity index is 1.92. The highest BCUT2D eigenvalue weighted by Crippen LogP contribution is 2.26. The maximum absolute atomic E-state index is 13.2. The molecule has 1 amide bonds. The molecule has 0 atom stereocenters. The van der Waals surface area contributed by atoms with Gasteiger partial charge in [-0.15, -0.1) is 0 Å². The molecule has 2 rings (SSSR count). The van der Waals surface area contributed by atoms with Crippen molar-refractivity contribution >= 4 is 27.5 Å². The number of hydrogen-bond donors (Lipinski definition) is 1. The highest BCUT2D eigenvalue weighted by molar-refractivity contribution is 7.89. The van der Waals surface area contributed by atoms with E-state index in [0.717, 1.165) is 31.4 Å². The fourth-order valence-corrected chi connectivity index (χ4v) is 4.62. The number of unbranched alkanes of at least 4 members (excludes halogenated alkanes) is 2. The van der Waals surface area contributed by atoms with Gasteiger partial charge in [0.05, 0.1) is 9.92 Å². The SMILES string of the molecule is CCCCCNC(=O)C1CCN(S(=O)(=O)c2ccc(F)c(Cl)c2)CC1. The Morgan fingerprint density at radius 2 is 2.00 bits per heavy atom. The van der Waals surface area contributed by atoms with Crippen molar-refractivity contribution in [1.29, 1.82) is 0 Å². The van der Waals surface area contributed by atoms with Gasteiger partial charge in [-0.25, -0.2) is 12.8 Å².